The van der Waals surface area contributed by atoms with Crippen molar-refractivity contribution in [2.75, 3.05) is 5.32 Å². The molecule has 0 heterocycles. The highest BCUT2D eigenvalue weighted by molar-refractivity contribution is 5.98. The zero-order chi connectivity index (χ0) is 21.5. The summed E-state index contributed by atoms with van der Waals surface area (Å²) in [4.78, 5) is 25.5. The van der Waals surface area contributed by atoms with Gasteiger partial charge in [-0.1, -0.05) is 30.3 Å². The molecule has 3 aromatic carbocycles. The number of hydrogen-bond acceptors (Lipinski definition) is 4. The summed E-state index contributed by atoms with van der Waals surface area (Å²) in [7, 11) is 0. The molecule has 0 aromatic heterocycles. The van der Waals surface area contributed by atoms with Crippen LogP contribution < -0.4 is 10.1 Å². The van der Waals surface area contributed by atoms with Crippen LogP contribution >= 0.6 is 0 Å². The quantitative estimate of drug-likeness (QED) is 0.550. The Labute approximate surface area is 174 Å². The molecule has 0 fully saturated rings. The first-order chi connectivity index (χ1) is 14.4. The van der Waals surface area contributed by atoms with Crippen LogP contribution in [0.25, 0.3) is 0 Å². The topological polar surface area (TPSA) is 64.6 Å². The molecule has 0 bridgehead atoms. The minimum Gasteiger partial charge on any atom is -0.491 e. The minimum absolute atomic E-state index is 0.0143. The number of anilines is 1. The molecule has 0 aliphatic carbocycles. The van der Waals surface area contributed by atoms with E-state index >= 15 is 0 Å². The van der Waals surface area contributed by atoms with Crippen LogP contribution in [-0.2, 0) is 9.53 Å². The number of rotatable bonds is 7. The van der Waals surface area contributed by atoms with Crippen molar-refractivity contribution in [1.29, 1.82) is 0 Å². The second kappa shape index (κ2) is 9.69. The number of benzene rings is 3. The second-order valence-electron chi connectivity index (χ2n) is 6.88. The van der Waals surface area contributed by atoms with Crippen molar-refractivity contribution in [3.63, 3.8) is 0 Å². The molecule has 0 aliphatic heterocycles. The molecule has 6 heteroatoms. The van der Waals surface area contributed by atoms with Gasteiger partial charge in [0.2, 0.25) is 6.10 Å². The van der Waals surface area contributed by atoms with Gasteiger partial charge in [0.05, 0.1) is 11.7 Å². The van der Waals surface area contributed by atoms with Crippen LogP contribution in [0.3, 0.4) is 0 Å². The van der Waals surface area contributed by atoms with Gasteiger partial charge in [0.25, 0.3) is 5.91 Å². The Balaban J connectivity index is 1.78. The highest BCUT2D eigenvalue weighted by atomic mass is 19.1. The van der Waals surface area contributed by atoms with Crippen molar-refractivity contribution in [2.45, 2.75) is 26.1 Å². The lowest BCUT2D eigenvalue weighted by Gasteiger charge is -2.18. The lowest BCUT2D eigenvalue weighted by Crippen LogP contribution is -2.26. The number of esters is 1. The molecule has 5 nitrogen and oxygen atoms in total. The fraction of sp³-hybridized carbons (Fsp3) is 0.167. The smallest absolute Gasteiger partial charge is 0.339 e. The summed E-state index contributed by atoms with van der Waals surface area (Å²) in [6.07, 6.45) is -1.16. The predicted molar refractivity (Wildman–Crippen MR) is 112 cm³/mol. The number of carbonyl (C=O) groups excluding carboxylic acids is 2. The van der Waals surface area contributed by atoms with Crippen LogP contribution in [0, 0.1) is 5.82 Å². The van der Waals surface area contributed by atoms with Gasteiger partial charge in [0.15, 0.2) is 0 Å². The monoisotopic (exact) mass is 407 g/mol. The maximum absolute atomic E-state index is 13.1. The first kappa shape index (κ1) is 21.0. The standard InChI is InChI=1S/C24H22FNO4/c1-16(2)29-21-14-8-18(9-15-21)24(28)30-22(17-6-4-3-5-7-17)23(27)26-20-12-10-19(25)11-13-20/h3-16,22H,1-2H3,(H,26,27)/t22-/m0/s1. The van der Waals surface area contributed by atoms with Crippen LogP contribution in [0.4, 0.5) is 10.1 Å². The molecule has 0 unspecified atom stereocenters. The Morgan fingerprint density at radius 2 is 1.50 bits per heavy atom. The molecule has 3 aromatic rings. The summed E-state index contributed by atoms with van der Waals surface area (Å²) in [6.45, 7) is 3.82. The van der Waals surface area contributed by atoms with E-state index in [1.807, 2.05) is 13.8 Å². The number of halogens is 1. The fourth-order valence-electron chi connectivity index (χ4n) is 2.76. The predicted octanol–water partition coefficient (Wildman–Crippen LogP) is 5.15. The molecule has 3 rings (SSSR count). The molecule has 1 atom stereocenters. The van der Waals surface area contributed by atoms with E-state index in [0.29, 0.717) is 22.6 Å². The van der Waals surface area contributed by atoms with E-state index in [0.717, 1.165) is 0 Å². The largest absolute Gasteiger partial charge is 0.491 e. The van der Waals surface area contributed by atoms with Crippen LogP contribution in [0.5, 0.6) is 5.75 Å². The van der Waals surface area contributed by atoms with E-state index in [4.69, 9.17) is 9.47 Å². The van der Waals surface area contributed by atoms with Crippen LogP contribution in [0.15, 0.2) is 78.9 Å². The average Bonchev–Trinajstić information content (AvgIpc) is 2.74. The van der Waals surface area contributed by atoms with Crippen LogP contribution in [0.1, 0.15) is 35.9 Å². The van der Waals surface area contributed by atoms with E-state index in [-0.39, 0.29) is 6.10 Å². The lowest BCUT2D eigenvalue weighted by molar-refractivity contribution is -0.125. The summed E-state index contributed by atoms with van der Waals surface area (Å²) < 4.78 is 24.2. The van der Waals surface area contributed by atoms with Gasteiger partial charge in [-0.05, 0) is 62.4 Å². The molecule has 0 saturated carbocycles. The Hall–Kier alpha value is -3.67. The van der Waals surface area contributed by atoms with Crippen LogP contribution in [0.2, 0.25) is 0 Å². The summed E-state index contributed by atoms with van der Waals surface area (Å²) in [5.41, 5.74) is 1.21. The number of hydrogen-bond donors (Lipinski definition) is 1. The van der Waals surface area contributed by atoms with Crippen molar-refractivity contribution in [3.05, 3.63) is 95.8 Å². The van der Waals surface area contributed by atoms with Crippen molar-refractivity contribution in [1.82, 2.24) is 0 Å². The molecule has 0 spiro atoms. The Morgan fingerprint density at radius 1 is 0.867 bits per heavy atom. The van der Waals surface area contributed by atoms with Gasteiger partial charge in [0, 0.05) is 11.3 Å². The third-order valence-electron chi connectivity index (χ3n) is 4.14. The van der Waals surface area contributed by atoms with Gasteiger partial charge >= 0.3 is 5.97 Å². The SMILES string of the molecule is CC(C)Oc1ccc(C(=O)O[C@H](C(=O)Nc2ccc(F)cc2)c2ccccc2)cc1. The molecule has 0 aliphatic rings. The Morgan fingerprint density at radius 3 is 2.10 bits per heavy atom. The highest BCUT2D eigenvalue weighted by Gasteiger charge is 2.26. The van der Waals surface area contributed by atoms with E-state index in [2.05, 4.69) is 5.32 Å². The van der Waals surface area contributed by atoms with E-state index in [9.17, 15) is 14.0 Å². The van der Waals surface area contributed by atoms with E-state index in [1.165, 1.54) is 24.3 Å². The average molecular weight is 407 g/mol. The second-order valence-corrected chi connectivity index (χ2v) is 6.88. The number of nitrogens with one attached hydrogen (secondary N) is 1. The van der Waals surface area contributed by atoms with Crippen molar-refractivity contribution < 1.29 is 23.5 Å². The molecular formula is C24H22FNO4. The Bertz CT molecular complexity index is 986. The minimum atomic E-state index is -1.17. The molecule has 0 saturated heterocycles. The third-order valence-corrected chi connectivity index (χ3v) is 4.14. The molecule has 1 amide bonds. The van der Waals surface area contributed by atoms with Gasteiger partial charge in [-0.25, -0.2) is 9.18 Å². The third kappa shape index (κ3) is 5.67. The van der Waals surface area contributed by atoms with Crippen molar-refractivity contribution in [2.24, 2.45) is 0 Å². The van der Waals surface area contributed by atoms with Crippen molar-refractivity contribution in [3.8, 4) is 5.75 Å². The summed E-state index contributed by atoms with van der Waals surface area (Å²) in [5.74, 6) is -0.964. The number of amides is 1. The fourth-order valence-corrected chi connectivity index (χ4v) is 2.76. The van der Waals surface area contributed by atoms with Crippen LogP contribution in [-0.4, -0.2) is 18.0 Å². The summed E-state index contributed by atoms with van der Waals surface area (Å²) >= 11 is 0. The molecule has 30 heavy (non-hydrogen) atoms. The van der Waals surface area contributed by atoms with E-state index < -0.39 is 23.8 Å². The first-order valence-electron chi connectivity index (χ1n) is 9.51. The maximum Gasteiger partial charge on any atom is 0.339 e. The Kier molecular flexibility index (Phi) is 6.80. The summed E-state index contributed by atoms with van der Waals surface area (Å²) in [5, 5.41) is 2.65. The maximum atomic E-state index is 13.1. The van der Waals surface area contributed by atoms with Crippen molar-refractivity contribution >= 4 is 17.6 Å². The van der Waals surface area contributed by atoms with Gasteiger partial charge in [0.1, 0.15) is 11.6 Å². The normalized spacial score (nSPS) is 11.6. The van der Waals surface area contributed by atoms with E-state index in [1.54, 1.807) is 54.6 Å². The first-order valence-corrected chi connectivity index (χ1v) is 9.51. The van der Waals surface area contributed by atoms with Gasteiger partial charge in [-0.3, -0.25) is 4.79 Å². The van der Waals surface area contributed by atoms with Gasteiger partial charge in [-0.2, -0.15) is 0 Å². The zero-order valence-electron chi connectivity index (χ0n) is 16.7. The molecular weight excluding hydrogens is 385 g/mol. The zero-order valence-corrected chi connectivity index (χ0v) is 16.7. The van der Waals surface area contributed by atoms with Gasteiger partial charge < -0.3 is 14.8 Å². The highest BCUT2D eigenvalue weighted by Crippen LogP contribution is 2.23. The summed E-state index contributed by atoms with van der Waals surface area (Å²) in [6, 6.07) is 20.5. The molecule has 154 valence electrons. The molecule has 0 radical (unpaired) electrons. The molecule has 1 N–H and O–H groups in total. The number of ether oxygens (including phenoxy) is 2. The number of carbonyl (C=O) groups is 2. The van der Waals surface area contributed by atoms with Gasteiger partial charge in [-0.15, -0.1) is 0 Å². The lowest BCUT2D eigenvalue weighted by atomic mass is 10.1.